The number of benzene rings is 1. The molecule has 1 N–H and O–H groups in total. The van der Waals surface area contributed by atoms with Crippen molar-refractivity contribution >= 4 is 11.0 Å². The van der Waals surface area contributed by atoms with Gasteiger partial charge < -0.3 is 19.0 Å². The Kier molecular flexibility index (Phi) is 9.26. The molecule has 2 rings (SSSR count). The Balaban J connectivity index is 2.16. The maximum atomic E-state index is 12.3. The molecule has 0 aliphatic rings. The van der Waals surface area contributed by atoms with Crippen molar-refractivity contribution in [2.24, 2.45) is 0 Å². The van der Waals surface area contributed by atoms with Crippen LogP contribution in [-0.4, -0.2) is 18.3 Å². The van der Waals surface area contributed by atoms with E-state index in [1.165, 1.54) is 5.57 Å². The SMILES string of the molecule is CC/C=C/CCOc1cccc2oc(=O)c(OC/C=C(\C)CCC=C(C)C)c(O)c12. The summed E-state index contributed by atoms with van der Waals surface area (Å²) in [6.07, 6.45) is 11.8. The van der Waals surface area contributed by atoms with Crippen LogP contribution in [0.3, 0.4) is 0 Å². The topological polar surface area (TPSA) is 68.9 Å². The molecule has 1 aromatic carbocycles. The normalized spacial score (nSPS) is 11.8. The number of fused-ring (bicyclic) bond motifs is 1. The molecule has 0 radical (unpaired) electrons. The minimum absolute atomic E-state index is 0.176. The second-order valence-corrected chi connectivity index (χ2v) is 7.39. The molecule has 1 aromatic heterocycles. The van der Waals surface area contributed by atoms with E-state index in [2.05, 4.69) is 32.9 Å². The van der Waals surface area contributed by atoms with E-state index in [-0.39, 0.29) is 23.7 Å². The molecule has 0 aliphatic heterocycles. The number of allylic oxidation sites excluding steroid dienone is 4. The van der Waals surface area contributed by atoms with Gasteiger partial charge >= 0.3 is 5.63 Å². The Morgan fingerprint density at radius 2 is 1.90 bits per heavy atom. The summed E-state index contributed by atoms with van der Waals surface area (Å²) in [5.41, 5.74) is 2.00. The van der Waals surface area contributed by atoms with Crippen LogP contribution in [0.25, 0.3) is 11.0 Å². The molecule has 0 atom stereocenters. The van der Waals surface area contributed by atoms with Crippen LogP contribution in [0.2, 0.25) is 0 Å². The van der Waals surface area contributed by atoms with Gasteiger partial charge in [-0.3, -0.25) is 0 Å². The maximum absolute atomic E-state index is 12.3. The van der Waals surface area contributed by atoms with Crippen molar-refractivity contribution in [3.8, 4) is 17.2 Å². The van der Waals surface area contributed by atoms with Crippen LogP contribution in [0.4, 0.5) is 0 Å². The molecule has 5 heteroatoms. The average molecular weight is 413 g/mol. The molecule has 162 valence electrons. The van der Waals surface area contributed by atoms with E-state index in [1.54, 1.807) is 18.2 Å². The quantitative estimate of drug-likeness (QED) is 0.266. The Labute approximate surface area is 178 Å². The first-order valence-corrected chi connectivity index (χ1v) is 10.4. The lowest BCUT2D eigenvalue weighted by Gasteiger charge is -2.11. The molecule has 0 bridgehead atoms. The molecule has 0 saturated heterocycles. The molecule has 1 heterocycles. The molecular formula is C25H32O5. The Morgan fingerprint density at radius 3 is 2.63 bits per heavy atom. The number of hydrogen-bond acceptors (Lipinski definition) is 5. The first-order valence-electron chi connectivity index (χ1n) is 10.4. The van der Waals surface area contributed by atoms with Gasteiger partial charge in [0, 0.05) is 0 Å². The highest BCUT2D eigenvalue weighted by molar-refractivity contribution is 5.91. The predicted molar refractivity (Wildman–Crippen MR) is 122 cm³/mol. The summed E-state index contributed by atoms with van der Waals surface area (Å²) in [5.74, 6) is 0.00580. The van der Waals surface area contributed by atoms with Crippen molar-refractivity contribution in [2.75, 3.05) is 13.2 Å². The van der Waals surface area contributed by atoms with Gasteiger partial charge in [-0.15, -0.1) is 0 Å². The fraction of sp³-hybridized carbons (Fsp3) is 0.400. The lowest BCUT2D eigenvalue weighted by molar-refractivity contribution is 0.311. The van der Waals surface area contributed by atoms with Crippen molar-refractivity contribution in [2.45, 2.75) is 53.4 Å². The average Bonchev–Trinajstić information content (AvgIpc) is 2.69. The maximum Gasteiger partial charge on any atom is 0.383 e. The molecule has 0 amide bonds. The third-order valence-corrected chi connectivity index (χ3v) is 4.52. The molecule has 0 saturated carbocycles. The summed E-state index contributed by atoms with van der Waals surface area (Å²) in [6.45, 7) is 8.87. The van der Waals surface area contributed by atoms with Gasteiger partial charge in [0.1, 0.15) is 23.3 Å². The van der Waals surface area contributed by atoms with E-state index in [9.17, 15) is 9.90 Å². The van der Waals surface area contributed by atoms with Gasteiger partial charge in [-0.25, -0.2) is 4.79 Å². The zero-order valence-corrected chi connectivity index (χ0v) is 18.4. The minimum atomic E-state index is -0.710. The summed E-state index contributed by atoms with van der Waals surface area (Å²) in [5, 5.41) is 11.1. The standard InChI is InChI=1S/C25H32O5/c1-5-6-7-8-16-28-20-13-10-14-21-22(20)23(26)24(25(27)30-21)29-17-15-19(4)12-9-11-18(2)3/h6-7,10-11,13-15,26H,5,8-9,12,16-17H2,1-4H3/b7-6+,19-15+. The smallest absolute Gasteiger partial charge is 0.383 e. The molecule has 0 unspecified atom stereocenters. The van der Waals surface area contributed by atoms with E-state index in [4.69, 9.17) is 13.9 Å². The van der Waals surface area contributed by atoms with E-state index in [0.29, 0.717) is 17.7 Å². The summed E-state index contributed by atoms with van der Waals surface area (Å²) in [4.78, 5) is 12.3. The van der Waals surface area contributed by atoms with Crippen LogP contribution < -0.4 is 15.1 Å². The monoisotopic (exact) mass is 412 g/mol. The van der Waals surface area contributed by atoms with Crippen LogP contribution in [0, 0.1) is 0 Å². The van der Waals surface area contributed by atoms with Crippen LogP contribution in [0.1, 0.15) is 53.4 Å². The van der Waals surface area contributed by atoms with E-state index in [1.807, 2.05) is 19.1 Å². The first kappa shape index (κ1) is 23.3. The lowest BCUT2D eigenvalue weighted by atomic mass is 10.1. The Hall–Kier alpha value is -2.95. The van der Waals surface area contributed by atoms with Gasteiger partial charge in [-0.2, -0.15) is 0 Å². The fourth-order valence-electron chi connectivity index (χ4n) is 2.91. The lowest BCUT2D eigenvalue weighted by Crippen LogP contribution is -2.08. The number of ether oxygens (including phenoxy) is 2. The van der Waals surface area contributed by atoms with E-state index in [0.717, 1.165) is 31.3 Å². The van der Waals surface area contributed by atoms with Gasteiger partial charge in [0.25, 0.3) is 0 Å². The summed E-state index contributed by atoms with van der Waals surface area (Å²) in [6, 6.07) is 5.08. The highest BCUT2D eigenvalue weighted by Crippen LogP contribution is 2.37. The molecule has 5 nitrogen and oxygen atoms in total. The summed E-state index contributed by atoms with van der Waals surface area (Å²) >= 11 is 0. The zero-order valence-electron chi connectivity index (χ0n) is 18.4. The van der Waals surface area contributed by atoms with Crippen molar-refractivity contribution < 1.29 is 19.0 Å². The predicted octanol–water partition coefficient (Wildman–Crippen LogP) is 6.31. The van der Waals surface area contributed by atoms with Crippen LogP contribution in [0.15, 0.2) is 62.9 Å². The summed E-state index contributed by atoms with van der Waals surface area (Å²) in [7, 11) is 0. The van der Waals surface area contributed by atoms with E-state index < -0.39 is 5.63 Å². The molecular weight excluding hydrogens is 380 g/mol. The highest BCUT2D eigenvalue weighted by Gasteiger charge is 2.18. The van der Waals surface area contributed by atoms with Gasteiger partial charge in [0.2, 0.25) is 5.75 Å². The zero-order chi connectivity index (χ0) is 21.9. The minimum Gasteiger partial charge on any atom is -0.503 e. The molecule has 2 aromatic rings. The van der Waals surface area contributed by atoms with Gasteiger partial charge in [-0.05, 0) is 64.7 Å². The first-order chi connectivity index (χ1) is 14.4. The molecule has 0 aliphatic carbocycles. The second-order valence-electron chi connectivity index (χ2n) is 7.39. The number of rotatable bonds is 11. The van der Waals surface area contributed by atoms with Gasteiger partial charge in [0.15, 0.2) is 5.75 Å². The molecule has 0 spiro atoms. The third-order valence-electron chi connectivity index (χ3n) is 4.52. The fourth-order valence-corrected chi connectivity index (χ4v) is 2.91. The molecule has 30 heavy (non-hydrogen) atoms. The van der Waals surface area contributed by atoms with Crippen molar-refractivity contribution in [1.82, 2.24) is 0 Å². The highest BCUT2D eigenvalue weighted by atomic mass is 16.5. The number of aromatic hydroxyl groups is 1. The van der Waals surface area contributed by atoms with E-state index >= 15 is 0 Å². The second kappa shape index (κ2) is 11.9. The van der Waals surface area contributed by atoms with Crippen molar-refractivity contribution in [3.63, 3.8) is 0 Å². The number of hydrogen-bond donors (Lipinski definition) is 1. The van der Waals surface area contributed by atoms with Crippen molar-refractivity contribution in [3.05, 3.63) is 64.1 Å². The van der Waals surface area contributed by atoms with Gasteiger partial charge in [0.05, 0.1) is 6.61 Å². The van der Waals surface area contributed by atoms with Crippen LogP contribution >= 0.6 is 0 Å². The Morgan fingerprint density at radius 1 is 1.10 bits per heavy atom. The van der Waals surface area contributed by atoms with Crippen LogP contribution in [-0.2, 0) is 0 Å². The molecule has 0 fully saturated rings. The van der Waals surface area contributed by atoms with Crippen LogP contribution in [0.5, 0.6) is 17.2 Å². The largest absolute Gasteiger partial charge is 0.503 e. The summed E-state index contributed by atoms with van der Waals surface area (Å²) < 4.78 is 16.7. The Bertz CT molecular complexity index is 975. The third kappa shape index (κ3) is 6.83. The van der Waals surface area contributed by atoms with Crippen molar-refractivity contribution in [1.29, 1.82) is 0 Å². The van der Waals surface area contributed by atoms with Gasteiger partial charge in [-0.1, -0.05) is 42.4 Å².